The number of amidine groups is 1. The Morgan fingerprint density at radius 3 is 2.82 bits per heavy atom. The summed E-state index contributed by atoms with van der Waals surface area (Å²) in [6.07, 6.45) is 8.39. The van der Waals surface area contributed by atoms with Crippen LogP contribution in [-0.2, 0) is 27.4 Å². The number of allylic oxidation sites excluding steroid dienone is 2. The minimum Gasteiger partial charge on any atom is -0.496 e. The summed E-state index contributed by atoms with van der Waals surface area (Å²) >= 11 is 0. The highest BCUT2D eigenvalue weighted by molar-refractivity contribution is 6.68. The second-order valence-corrected chi connectivity index (χ2v) is 12.9. The molecular weight excluding hydrogens is 636 g/mol. The Morgan fingerprint density at radius 1 is 1.29 bits per heavy atom. The van der Waals surface area contributed by atoms with Crippen LogP contribution in [0.25, 0.3) is 5.57 Å². The highest BCUT2D eigenvalue weighted by Crippen LogP contribution is 2.53. The smallest absolute Gasteiger partial charge is 0.374 e. The van der Waals surface area contributed by atoms with Crippen LogP contribution in [0.1, 0.15) is 43.4 Å². The highest BCUT2D eigenvalue weighted by atomic mass is 16.6. The molecule has 7 rings (SSSR count). The summed E-state index contributed by atoms with van der Waals surface area (Å²) < 4.78 is 24.0. The van der Waals surface area contributed by atoms with E-state index >= 15 is 0 Å². The monoisotopic (exact) mass is 678 g/mol. The Hall–Kier alpha value is -4.61. The normalized spacial score (nSPS) is 27.8. The predicted octanol–water partition coefficient (Wildman–Crippen LogP) is -2.53. The second-order valence-electron chi connectivity index (χ2n) is 12.9. The number of benzene rings is 1. The van der Waals surface area contributed by atoms with Gasteiger partial charge in [-0.3, -0.25) is 20.8 Å². The zero-order valence-corrected chi connectivity index (χ0v) is 27.6. The number of piperidine rings is 1. The standard InChI is InChI=1S/C33H40N8O8/c1-4-47-30(44)21-13-17(7-11-40-12-10-36-32(40)41-16-37-24-28(41)38-31(34)39-29(24)43)23-26(46-3)19-14-22(33(2,45)18-5-8-35-9-6-18)49-25(19)20(15-42)27(23)48-21/h7,10,12-13,18,22,32,35-36,42,45H,4-6,8-9,11,14-16H2,1-3H3,(H2,34,39,43)/p+2. The highest BCUT2D eigenvalue weighted by Gasteiger charge is 2.49. The van der Waals surface area contributed by atoms with E-state index in [2.05, 4.69) is 25.9 Å². The van der Waals surface area contributed by atoms with E-state index in [0.29, 0.717) is 52.6 Å². The number of nitrogens with zero attached hydrogens (tertiary/aromatic N) is 2. The first kappa shape index (κ1) is 32.9. The second kappa shape index (κ2) is 13.0. The Morgan fingerprint density at radius 2 is 2.08 bits per heavy atom. The molecule has 6 heterocycles. The third-order valence-electron chi connectivity index (χ3n) is 10.1. The molecule has 260 valence electrons. The Balaban J connectivity index is 1.25. The number of hydrogen-bond donors (Lipinski definition) is 8. The van der Waals surface area contributed by atoms with Gasteiger partial charge in [-0.15, -0.1) is 0 Å². The summed E-state index contributed by atoms with van der Waals surface area (Å²) in [5.41, 5.74) is 1.30. The first-order chi connectivity index (χ1) is 23.7. The summed E-state index contributed by atoms with van der Waals surface area (Å²) in [6.45, 7) is 5.51. The van der Waals surface area contributed by atoms with Gasteiger partial charge in [0, 0.05) is 12.0 Å². The Labute approximate surface area is 282 Å². The molecule has 6 aliphatic heterocycles. The summed E-state index contributed by atoms with van der Waals surface area (Å²) in [4.78, 5) is 35.9. The van der Waals surface area contributed by atoms with Crippen molar-refractivity contribution in [2.24, 2.45) is 15.9 Å². The van der Waals surface area contributed by atoms with Crippen LogP contribution in [0.3, 0.4) is 0 Å². The molecule has 1 fully saturated rings. The van der Waals surface area contributed by atoms with E-state index in [-0.39, 0.29) is 48.7 Å². The molecule has 0 spiro atoms. The van der Waals surface area contributed by atoms with Gasteiger partial charge in [-0.05, 0) is 63.4 Å². The van der Waals surface area contributed by atoms with E-state index in [4.69, 9.17) is 24.4 Å². The molecule has 5 atom stereocenters. The molecule has 1 saturated heterocycles. The Kier molecular flexibility index (Phi) is 8.74. The van der Waals surface area contributed by atoms with E-state index in [1.807, 2.05) is 25.4 Å². The van der Waals surface area contributed by atoms with Crippen molar-refractivity contribution < 1.29 is 48.5 Å². The molecule has 0 aromatic heterocycles. The molecule has 0 saturated carbocycles. The molecule has 49 heavy (non-hydrogen) atoms. The third kappa shape index (κ3) is 5.68. The van der Waals surface area contributed by atoms with Gasteiger partial charge in [-0.25, -0.2) is 14.7 Å². The molecule has 0 radical (unpaired) electrons. The van der Waals surface area contributed by atoms with Gasteiger partial charge in [0.15, 0.2) is 6.67 Å². The molecule has 16 nitrogen and oxygen atoms in total. The number of carbonyl (C=O) groups is 2. The molecular formula is C33H42N8O8+2. The zero-order chi connectivity index (χ0) is 34.4. The number of hydrogen-bond acceptors (Lipinski definition) is 12. The van der Waals surface area contributed by atoms with Crippen molar-refractivity contribution >= 4 is 35.0 Å². The number of ether oxygens (including phenoxy) is 4. The van der Waals surface area contributed by atoms with E-state index in [1.165, 1.54) is 0 Å². The molecule has 0 bridgehead atoms. The Bertz CT molecular complexity index is 1740. The molecule has 16 heteroatoms. The maximum atomic E-state index is 13.1. The van der Waals surface area contributed by atoms with Gasteiger partial charge in [0.2, 0.25) is 17.4 Å². The number of aliphatic hydroxyl groups is 2. The number of quaternary nitrogens is 2. The molecule has 8 N–H and O–H groups in total. The van der Waals surface area contributed by atoms with Crippen molar-refractivity contribution in [2.75, 3.05) is 40.0 Å². The molecule has 0 aliphatic carbocycles. The largest absolute Gasteiger partial charge is 0.496 e. The van der Waals surface area contributed by atoms with Crippen molar-refractivity contribution in [3.8, 4) is 17.2 Å². The lowest BCUT2D eigenvalue weighted by Gasteiger charge is -2.39. The van der Waals surface area contributed by atoms with E-state index in [0.717, 1.165) is 35.7 Å². The lowest BCUT2D eigenvalue weighted by atomic mass is 9.77. The number of carbonyl (C=O) groups excluding carboxylic acids is 2. The van der Waals surface area contributed by atoms with Crippen molar-refractivity contribution in [3.05, 3.63) is 47.0 Å². The maximum Gasteiger partial charge on any atom is 0.374 e. The van der Waals surface area contributed by atoms with E-state index in [9.17, 15) is 19.8 Å². The first-order valence-corrected chi connectivity index (χ1v) is 16.6. The quantitative estimate of drug-likeness (QED) is 0.129. The topological polar surface area (TPSA) is 205 Å². The van der Waals surface area contributed by atoms with Gasteiger partial charge < -0.3 is 34.5 Å². The van der Waals surface area contributed by atoms with Crippen LogP contribution in [0, 0.1) is 11.3 Å². The van der Waals surface area contributed by atoms with Crippen molar-refractivity contribution in [1.29, 1.82) is 5.41 Å². The van der Waals surface area contributed by atoms with Gasteiger partial charge in [0.25, 0.3) is 11.7 Å². The third-order valence-corrected chi connectivity index (χ3v) is 10.1. The number of guanidine groups is 1. The van der Waals surface area contributed by atoms with Crippen LogP contribution in [0.4, 0.5) is 0 Å². The fraction of sp³-hybridized carbons (Fsp3) is 0.485. The van der Waals surface area contributed by atoms with Crippen LogP contribution < -0.4 is 40.0 Å². The van der Waals surface area contributed by atoms with Crippen molar-refractivity contribution in [1.82, 2.24) is 16.0 Å². The number of methoxy groups -OCH3 is 1. The molecule has 1 amide bonds. The van der Waals surface area contributed by atoms with Gasteiger partial charge in [0.05, 0.1) is 37.7 Å². The SMILES string of the molecule is CCOC(=O)C1=CC(=CC[NH+]2C=CNC2[NH+]2CN=C3C(=O)NC(=N)N=C32)c2c(OC)c3c(c(CO)c2O1)OC(C(C)(O)C1CCNCC1)C3. The number of aliphatic hydroxyl groups excluding tert-OH is 1. The molecule has 1 aromatic carbocycles. The summed E-state index contributed by atoms with van der Waals surface area (Å²) in [5.74, 6) is 0.113. The lowest BCUT2D eigenvalue weighted by Crippen LogP contribution is -3.36. The first-order valence-electron chi connectivity index (χ1n) is 16.6. The number of amides is 1. The van der Waals surface area contributed by atoms with Gasteiger partial charge in [0.1, 0.15) is 41.7 Å². The average Bonchev–Trinajstić information content (AvgIpc) is 3.85. The minimum absolute atomic E-state index is 0.0202. The van der Waals surface area contributed by atoms with Crippen molar-refractivity contribution in [2.45, 2.75) is 57.7 Å². The van der Waals surface area contributed by atoms with Crippen LogP contribution in [0.2, 0.25) is 0 Å². The number of rotatable bonds is 9. The van der Waals surface area contributed by atoms with Gasteiger partial charge >= 0.3 is 12.3 Å². The summed E-state index contributed by atoms with van der Waals surface area (Å²) in [5, 5.41) is 39.5. The van der Waals surface area contributed by atoms with Gasteiger partial charge in [-0.2, -0.15) is 9.89 Å². The predicted molar refractivity (Wildman–Crippen MR) is 175 cm³/mol. The van der Waals surface area contributed by atoms with Crippen molar-refractivity contribution in [3.63, 3.8) is 0 Å². The van der Waals surface area contributed by atoms with Crippen LogP contribution in [0.5, 0.6) is 17.2 Å². The molecule has 6 aliphatic rings. The summed E-state index contributed by atoms with van der Waals surface area (Å²) in [7, 11) is 1.55. The fourth-order valence-electron chi connectivity index (χ4n) is 7.54. The van der Waals surface area contributed by atoms with Crippen LogP contribution >= 0.6 is 0 Å². The molecule has 1 aromatic rings. The molecule has 5 unspecified atom stereocenters. The zero-order valence-electron chi connectivity index (χ0n) is 27.6. The van der Waals surface area contributed by atoms with E-state index in [1.54, 1.807) is 20.1 Å². The van der Waals surface area contributed by atoms with Gasteiger partial charge in [-0.1, -0.05) is 0 Å². The van der Waals surface area contributed by atoms with Crippen LogP contribution in [-0.4, -0.2) is 97.6 Å². The average molecular weight is 679 g/mol. The number of fused-ring (bicyclic) bond motifs is 3. The number of nitrogens with one attached hydrogen (secondary N) is 6. The maximum absolute atomic E-state index is 13.1. The number of aliphatic imine (C=N–C) groups is 2. The minimum atomic E-state index is -1.15. The van der Waals surface area contributed by atoms with E-state index < -0.39 is 30.2 Å². The number of esters is 1. The lowest BCUT2D eigenvalue weighted by molar-refractivity contribution is -1.05. The summed E-state index contributed by atoms with van der Waals surface area (Å²) in [6, 6.07) is 0. The van der Waals surface area contributed by atoms with Crippen LogP contribution in [0.15, 0.2) is 40.3 Å². The fourth-order valence-corrected chi connectivity index (χ4v) is 7.54.